The van der Waals surface area contributed by atoms with Crippen molar-refractivity contribution in [1.29, 1.82) is 0 Å². The average molecular weight is 433 g/mol. The van der Waals surface area contributed by atoms with Crippen LogP contribution < -0.4 is 21.3 Å². The van der Waals surface area contributed by atoms with Crippen LogP contribution in [0.4, 0.5) is 0 Å². The highest BCUT2D eigenvalue weighted by Gasteiger charge is 2.36. The van der Waals surface area contributed by atoms with Crippen molar-refractivity contribution in [2.75, 3.05) is 26.2 Å². The molecule has 6 rings (SSSR count). The van der Waals surface area contributed by atoms with Crippen molar-refractivity contribution in [3.63, 3.8) is 0 Å². The summed E-state index contributed by atoms with van der Waals surface area (Å²) in [5, 5.41) is 13.1. The Morgan fingerprint density at radius 2 is 1.12 bits per heavy atom. The van der Waals surface area contributed by atoms with Gasteiger partial charge in [0.15, 0.2) is 0 Å². The second kappa shape index (κ2) is 8.68. The van der Waals surface area contributed by atoms with Gasteiger partial charge >= 0.3 is 0 Å². The molecular formula is C26H32N4O2. The zero-order valence-corrected chi connectivity index (χ0v) is 18.8. The molecule has 6 heteroatoms. The minimum absolute atomic E-state index is 0.108. The Hall–Kier alpha value is -2.70. The van der Waals surface area contributed by atoms with Gasteiger partial charge in [0.25, 0.3) is 11.8 Å². The van der Waals surface area contributed by atoms with Crippen molar-refractivity contribution < 1.29 is 9.59 Å². The van der Waals surface area contributed by atoms with Crippen LogP contribution in [0, 0.1) is 13.8 Å². The highest BCUT2D eigenvalue weighted by Crippen LogP contribution is 2.33. The summed E-state index contributed by atoms with van der Waals surface area (Å²) in [6.07, 6.45) is 2.06. The summed E-state index contributed by atoms with van der Waals surface area (Å²) in [6.45, 7) is 7.97. The summed E-state index contributed by atoms with van der Waals surface area (Å²) in [6, 6.07) is 13.0. The molecule has 4 aliphatic rings. The summed E-state index contributed by atoms with van der Waals surface area (Å²) in [5.41, 5.74) is 6.40. The predicted molar refractivity (Wildman–Crippen MR) is 125 cm³/mol. The zero-order valence-electron chi connectivity index (χ0n) is 18.8. The maximum absolute atomic E-state index is 12.0. The maximum Gasteiger partial charge on any atom is 0.252 e. The fourth-order valence-corrected chi connectivity index (χ4v) is 5.82. The van der Waals surface area contributed by atoms with Gasteiger partial charge in [-0.3, -0.25) is 9.59 Å². The molecule has 4 atom stereocenters. The third kappa shape index (κ3) is 3.71. The quantitative estimate of drug-likeness (QED) is 0.515. The van der Waals surface area contributed by atoms with Crippen LogP contribution in [0.2, 0.25) is 0 Å². The molecule has 2 aromatic rings. The molecule has 0 aliphatic carbocycles. The van der Waals surface area contributed by atoms with E-state index in [2.05, 4.69) is 45.5 Å². The molecule has 4 heterocycles. The van der Waals surface area contributed by atoms with Crippen LogP contribution in [0.15, 0.2) is 36.4 Å². The normalized spacial score (nSPS) is 27.9. The topological polar surface area (TPSA) is 82.3 Å². The van der Waals surface area contributed by atoms with Crippen LogP contribution in [0.5, 0.6) is 0 Å². The van der Waals surface area contributed by atoms with Crippen LogP contribution >= 0.6 is 0 Å². The van der Waals surface area contributed by atoms with E-state index in [1.54, 1.807) is 0 Å². The van der Waals surface area contributed by atoms with Crippen LogP contribution in [0.1, 0.15) is 67.6 Å². The second-order valence-corrected chi connectivity index (χ2v) is 9.44. The Balaban J connectivity index is 0.000000135. The molecule has 0 saturated carbocycles. The van der Waals surface area contributed by atoms with E-state index in [0.29, 0.717) is 23.9 Å². The predicted octanol–water partition coefficient (Wildman–Crippen LogP) is 2.37. The van der Waals surface area contributed by atoms with Crippen molar-refractivity contribution in [1.82, 2.24) is 21.3 Å². The van der Waals surface area contributed by atoms with Gasteiger partial charge in [0.2, 0.25) is 0 Å². The monoisotopic (exact) mass is 432 g/mol. The molecule has 2 saturated heterocycles. The second-order valence-electron chi connectivity index (χ2n) is 9.44. The number of nitrogens with one attached hydrogen (secondary N) is 4. The Morgan fingerprint density at radius 1 is 0.688 bits per heavy atom. The van der Waals surface area contributed by atoms with Crippen LogP contribution in [0.25, 0.3) is 0 Å². The lowest BCUT2D eigenvalue weighted by Crippen LogP contribution is -2.52. The molecule has 6 nitrogen and oxygen atoms in total. The highest BCUT2D eigenvalue weighted by molar-refractivity contribution is 5.99. The van der Waals surface area contributed by atoms with E-state index in [0.717, 1.165) is 61.3 Å². The Kier molecular flexibility index (Phi) is 5.74. The Morgan fingerprint density at radius 3 is 1.56 bits per heavy atom. The number of piperidine rings is 2. The smallest absolute Gasteiger partial charge is 0.252 e. The van der Waals surface area contributed by atoms with Gasteiger partial charge in [-0.05, 0) is 62.0 Å². The van der Waals surface area contributed by atoms with Gasteiger partial charge in [-0.25, -0.2) is 0 Å². The third-order valence-corrected chi connectivity index (χ3v) is 7.46. The molecule has 2 amide bonds. The van der Waals surface area contributed by atoms with Crippen LogP contribution in [-0.2, 0) is 0 Å². The van der Waals surface area contributed by atoms with E-state index in [4.69, 9.17) is 0 Å². The number of carbonyl (C=O) groups is 2. The molecule has 0 unspecified atom stereocenters. The van der Waals surface area contributed by atoms with Gasteiger partial charge in [0.05, 0.1) is 0 Å². The first-order chi connectivity index (χ1) is 15.5. The molecule has 0 radical (unpaired) electrons. The fourth-order valence-electron chi connectivity index (χ4n) is 5.82. The van der Waals surface area contributed by atoms with Gasteiger partial charge < -0.3 is 21.3 Å². The molecule has 4 aliphatic heterocycles. The number of aryl methyl sites for hydroxylation is 2. The third-order valence-electron chi connectivity index (χ3n) is 7.46. The van der Waals surface area contributed by atoms with Crippen LogP contribution in [-0.4, -0.2) is 50.1 Å². The zero-order chi connectivity index (χ0) is 22.2. The van der Waals surface area contributed by atoms with Crippen LogP contribution in [0.3, 0.4) is 0 Å². The Bertz CT molecular complexity index is 967. The average Bonchev–Trinajstić information content (AvgIpc) is 2.80. The molecule has 0 spiro atoms. The molecule has 0 bridgehead atoms. The van der Waals surface area contributed by atoms with Crippen molar-refractivity contribution in [3.05, 3.63) is 69.8 Å². The summed E-state index contributed by atoms with van der Waals surface area (Å²) < 4.78 is 0. The van der Waals surface area contributed by atoms with Crippen molar-refractivity contribution in [3.8, 4) is 0 Å². The first kappa shape index (κ1) is 21.2. The number of benzene rings is 2. The summed E-state index contributed by atoms with van der Waals surface area (Å²) in [4.78, 5) is 24.1. The molecular weight excluding hydrogens is 400 g/mol. The first-order valence-electron chi connectivity index (χ1n) is 11.8. The van der Waals surface area contributed by atoms with E-state index in [1.807, 2.05) is 26.0 Å². The number of hydrogen-bond donors (Lipinski definition) is 4. The van der Waals surface area contributed by atoms with E-state index in [-0.39, 0.29) is 11.8 Å². The minimum Gasteiger partial charge on any atom is -0.349 e. The van der Waals surface area contributed by atoms with E-state index < -0.39 is 0 Å². The maximum atomic E-state index is 12.0. The highest BCUT2D eigenvalue weighted by atomic mass is 16.2. The van der Waals surface area contributed by atoms with Crippen molar-refractivity contribution in [2.45, 2.75) is 50.6 Å². The minimum atomic E-state index is 0.108. The molecule has 4 N–H and O–H groups in total. The van der Waals surface area contributed by atoms with Gasteiger partial charge in [0, 0.05) is 48.1 Å². The van der Waals surface area contributed by atoms with Gasteiger partial charge in [-0.15, -0.1) is 0 Å². The summed E-state index contributed by atoms with van der Waals surface area (Å²) in [5.74, 6) is 1.11. The van der Waals surface area contributed by atoms with Gasteiger partial charge in [-0.1, -0.05) is 36.4 Å². The Labute approximate surface area is 189 Å². The number of rotatable bonds is 0. The van der Waals surface area contributed by atoms with E-state index in [1.165, 1.54) is 11.1 Å². The SMILES string of the molecule is Cc1cccc2c1C(=O)N[C@@H]1CCNC[C@H]21.Cc1cccc2c1C(=O)N[C@H]1CCNC[C@@H]21. The summed E-state index contributed by atoms with van der Waals surface area (Å²) >= 11 is 0. The number of hydrogen-bond acceptors (Lipinski definition) is 4. The van der Waals surface area contributed by atoms with E-state index in [9.17, 15) is 9.59 Å². The fraction of sp³-hybridized carbons (Fsp3) is 0.462. The molecule has 168 valence electrons. The first-order valence-corrected chi connectivity index (χ1v) is 11.8. The summed E-state index contributed by atoms with van der Waals surface area (Å²) in [7, 11) is 0. The number of carbonyl (C=O) groups excluding carboxylic acids is 2. The molecule has 2 aromatic carbocycles. The standard InChI is InChI=1S/2C13H16N2O/c2*1-8-3-2-4-9-10-7-14-6-5-11(10)15-13(16)12(8)9/h2*2-4,10-11,14H,5-7H2,1H3,(H,15,16)/t2*10-,11-/m10/s1. The number of amides is 2. The molecule has 0 aromatic heterocycles. The lowest BCUT2D eigenvalue weighted by molar-refractivity contribution is 0.0895. The van der Waals surface area contributed by atoms with Gasteiger partial charge in [0.1, 0.15) is 0 Å². The van der Waals surface area contributed by atoms with Crippen molar-refractivity contribution in [2.24, 2.45) is 0 Å². The largest absolute Gasteiger partial charge is 0.349 e. The molecule has 2 fully saturated rings. The molecule has 32 heavy (non-hydrogen) atoms. The van der Waals surface area contributed by atoms with Gasteiger partial charge in [-0.2, -0.15) is 0 Å². The number of fused-ring (bicyclic) bond motifs is 6. The lowest BCUT2D eigenvalue weighted by atomic mass is 9.80. The van der Waals surface area contributed by atoms with Crippen molar-refractivity contribution >= 4 is 11.8 Å². The van der Waals surface area contributed by atoms with E-state index >= 15 is 0 Å². The lowest BCUT2D eigenvalue weighted by Gasteiger charge is -2.38.